The lowest BCUT2D eigenvalue weighted by Gasteiger charge is -2.30. The van der Waals surface area contributed by atoms with Crippen LogP contribution in [0.15, 0.2) is 24.3 Å². The summed E-state index contributed by atoms with van der Waals surface area (Å²) in [5, 5.41) is 3.41. The van der Waals surface area contributed by atoms with Crippen LogP contribution in [0.2, 0.25) is 0 Å². The summed E-state index contributed by atoms with van der Waals surface area (Å²) in [7, 11) is 2.02. The highest BCUT2D eigenvalue weighted by atomic mass is 16.5. The largest absolute Gasteiger partial charge is 0.494 e. The van der Waals surface area contributed by atoms with E-state index in [0.717, 1.165) is 17.9 Å². The first kappa shape index (κ1) is 14.2. The minimum absolute atomic E-state index is 0.248. The van der Waals surface area contributed by atoms with Crippen LogP contribution in [-0.4, -0.2) is 25.8 Å². The maximum absolute atomic E-state index is 6.13. The van der Waals surface area contributed by atoms with Crippen molar-refractivity contribution >= 4 is 0 Å². The van der Waals surface area contributed by atoms with Gasteiger partial charge in [0.2, 0.25) is 0 Å². The average molecular weight is 263 g/mol. The number of hydrogen-bond acceptors (Lipinski definition) is 3. The SMILES string of the molecule is CCOc1ccc(OC2CCC(C)(C)C2NC)cc1. The molecule has 1 saturated carbocycles. The van der Waals surface area contributed by atoms with Gasteiger partial charge in [0.05, 0.1) is 6.61 Å². The molecule has 1 aliphatic carbocycles. The van der Waals surface area contributed by atoms with Crippen molar-refractivity contribution in [1.29, 1.82) is 0 Å². The lowest BCUT2D eigenvalue weighted by Crippen LogP contribution is -2.44. The molecule has 1 fully saturated rings. The van der Waals surface area contributed by atoms with Gasteiger partial charge < -0.3 is 14.8 Å². The van der Waals surface area contributed by atoms with Crippen molar-refractivity contribution in [2.45, 2.75) is 45.8 Å². The number of likely N-dealkylation sites (N-methyl/N-ethyl adjacent to an activating group) is 1. The van der Waals surface area contributed by atoms with Crippen LogP contribution in [0.4, 0.5) is 0 Å². The molecule has 2 rings (SSSR count). The Balaban J connectivity index is 2.01. The van der Waals surface area contributed by atoms with Crippen LogP contribution >= 0.6 is 0 Å². The van der Waals surface area contributed by atoms with E-state index < -0.39 is 0 Å². The second kappa shape index (κ2) is 5.83. The number of benzene rings is 1. The van der Waals surface area contributed by atoms with Crippen molar-refractivity contribution < 1.29 is 9.47 Å². The zero-order valence-electron chi connectivity index (χ0n) is 12.4. The summed E-state index contributed by atoms with van der Waals surface area (Å²) in [6.45, 7) is 7.28. The molecule has 0 radical (unpaired) electrons. The monoisotopic (exact) mass is 263 g/mol. The van der Waals surface area contributed by atoms with Crippen molar-refractivity contribution in [2.24, 2.45) is 5.41 Å². The molecule has 3 heteroatoms. The van der Waals surface area contributed by atoms with Gasteiger partial charge in [-0.15, -0.1) is 0 Å². The van der Waals surface area contributed by atoms with E-state index in [4.69, 9.17) is 9.47 Å². The molecule has 2 atom stereocenters. The van der Waals surface area contributed by atoms with Crippen LogP contribution < -0.4 is 14.8 Å². The molecule has 3 nitrogen and oxygen atoms in total. The normalized spacial score (nSPS) is 25.3. The molecule has 1 aliphatic rings. The van der Waals surface area contributed by atoms with Gasteiger partial charge in [0.1, 0.15) is 17.6 Å². The van der Waals surface area contributed by atoms with Crippen molar-refractivity contribution in [3.63, 3.8) is 0 Å². The Bertz CT molecular complexity index is 400. The van der Waals surface area contributed by atoms with Gasteiger partial charge in [-0.3, -0.25) is 0 Å². The van der Waals surface area contributed by atoms with E-state index in [0.29, 0.717) is 18.1 Å². The molecule has 0 bridgehead atoms. The van der Waals surface area contributed by atoms with Gasteiger partial charge in [-0.2, -0.15) is 0 Å². The number of hydrogen-bond donors (Lipinski definition) is 1. The van der Waals surface area contributed by atoms with Gasteiger partial charge in [-0.1, -0.05) is 13.8 Å². The van der Waals surface area contributed by atoms with E-state index in [-0.39, 0.29) is 6.10 Å². The van der Waals surface area contributed by atoms with Crippen molar-refractivity contribution in [3.05, 3.63) is 24.3 Å². The van der Waals surface area contributed by atoms with Crippen molar-refractivity contribution in [3.8, 4) is 11.5 Å². The lowest BCUT2D eigenvalue weighted by atomic mass is 9.87. The summed E-state index contributed by atoms with van der Waals surface area (Å²) >= 11 is 0. The minimum Gasteiger partial charge on any atom is -0.494 e. The van der Waals surface area contributed by atoms with Gasteiger partial charge in [0.15, 0.2) is 0 Å². The highest BCUT2D eigenvalue weighted by molar-refractivity contribution is 5.31. The van der Waals surface area contributed by atoms with Gasteiger partial charge in [0, 0.05) is 6.04 Å². The van der Waals surface area contributed by atoms with E-state index in [9.17, 15) is 0 Å². The Morgan fingerprint density at radius 3 is 2.42 bits per heavy atom. The summed E-state index contributed by atoms with van der Waals surface area (Å²) in [6.07, 6.45) is 2.55. The van der Waals surface area contributed by atoms with Crippen LogP contribution in [-0.2, 0) is 0 Å². The average Bonchev–Trinajstić information content (AvgIpc) is 2.67. The fourth-order valence-corrected chi connectivity index (χ4v) is 3.00. The lowest BCUT2D eigenvalue weighted by molar-refractivity contribution is 0.145. The molecular formula is C16H25NO2. The summed E-state index contributed by atoms with van der Waals surface area (Å²) in [5.74, 6) is 1.82. The van der Waals surface area contributed by atoms with Gasteiger partial charge in [-0.05, 0) is 56.5 Å². The molecule has 0 saturated heterocycles. The highest BCUT2D eigenvalue weighted by Gasteiger charge is 2.42. The van der Waals surface area contributed by atoms with Crippen LogP contribution in [0.3, 0.4) is 0 Å². The minimum atomic E-state index is 0.248. The van der Waals surface area contributed by atoms with Crippen LogP contribution in [0.1, 0.15) is 33.6 Å². The van der Waals surface area contributed by atoms with Crippen LogP contribution in [0.5, 0.6) is 11.5 Å². The molecule has 106 valence electrons. The Morgan fingerprint density at radius 1 is 1.21 bits per heavy atom. The molecule has 0 aliphatic heterocycles. The fraction of sp³-hybridized carbons (Fsp3) is 0.625. The Kier molecular flexibility index (Phi) is 4.35. The van der Waals surface area contributed by atoms with E-state index in [2.05, 4.69) is 19.2 Å². The van der Waals surface area contributed by atoms with Gasteiger partial charge >= 0.3 is 0 Å². The number of ether oxygens (including phenoxy) is 2. The third-order valence-electron chi connectivity index (χ3n) is 4.02. The summed E-state index contributed by atoms with van der Waals surface area (Å²) in [4.78, 5) is 0. The molecular weight excluding hydrogens is 238 g/mol. The van der Waals surface area contributed by atoms with Crippen molar-refractivity contribution in [1.82, 2.24) is 5.32 Å². The fourth-order valence-electron chi connectivity index (χ4n) is 3.00. The molecule has 1 aromatic rings. The van der Waals surface area contributed by atoms with Crippen molar-refractivity contribution in [2.75, 3.05) is 13.7 Å². The maximum Gasteiger partial charge on any atom is 0.120 e. The summed E-state index contributed by atoms with van der Waals surface area (Å²) in [6, 6.07) is 8.31. The predicted octanol–water partition coefficient (Wildman–Crippen LogP) is 3.24. The Morgan fingerprint density at radius 2 is 1.84 bits per heavy atom. The molecule has 0 aromatic heterocycles. The maximum atomic E-state index is 6.13. The topological polar surface area (TPSA) is 30.5 Å². The van der Waals surface area contributed by atoms with Crippen LogP contribution in [0.25, 0.3) is 0 Å². The summed E-state index contributed by atoms with van der Waals surface area (Å²) in [5.41, 5.74) is 0.296. The second-order valence-electron chi connectivity index (χ2n) is 5.85. The number of nitrogens with one attached hydrogen (secondary N) is 1. The first-order chi connectivity index (χ1) is 9.06. The van der Waals surface area contributed by atoms with E-state index in [1.807, 2.05) is 38.2 Å². The third-order valence-corrected chi connectivity index (χ3v) is 4.02. The summed E-state index contributed by atoms with van der Waals surface area (Å²) < 4.78 is 11.6. The van der Waals surface area contributed by atoms with E-state index >= 15 is 0 Å². The molecule has 0 heterocycles. The zero-order valence-corrected chi connectivity index (χ0v) is 12.4. The number of rotatable bonds is 5. The zero-order chi connectivity index (χ0) is 13.9. The smallest absolute Gasteiger partial charge is 0.120 e. The first-order valence-electron chi connectivity index (χ1n) is 7.13. The Hall–Kier alpha value is -1.22. The predicted molar refractivity (Wildman–Crippen MR) is 77.9 cm³/mol. The molecule has 19 heavy (non-hydrogen) atoms. The van der Waals surface area contributed by atoms with Crippen LogP contribution in [0, 0.1) is 5.41 Å². The standard InChI is InChI=1S/C16H25NO2/c1-5-18-12-6-8-13(9-7-12)19-14-10-11-16(2,3)15(14)17-4/h6-9,14-15,17H,5,10-11H2,1-4H3. The molecule has 2 unspecified atom stereocenters. The molecule has 1 N–H and O–H groups in total. The van der Waals surface area contributed by atoms with E-state index in [1.165, 1.54) is 6.42 Å². The quantitative estimate of drug-likeness (QED) is 0.884. The first-order valence-corrected chi connectivity index (χ1v) is 7.13. The van der Waals surface area contributed by atoms with E-state index in [1.54, 1.807) is 0 Å². The molecule has 0 spiro atoms. The molecule has 1 aromatic carbocycles. The third kappa shape index (κ3) is 3.21. The Labute approximate surface area is 116 Å². The second-order valence-corrected chi connectivity index (χ2v) is 5.85. The molecule has 0 amide bonds. The van der Waals surface area contributed by atoms with Gasteiger partial charge in [0.25, 0.3) is 0 Å². The highest BCUT2D eigenvalue weighted by Crippen LogP contribution is 2.39. The van der Waals surface area contributed by atoms with Gasteiger partial charge in [-0.25, -0.2) is 0 Å².